The molecule has 0 aliphatic heterocycles. The van der Waals surface area contributed by atoms with Crippen molar-refractivity contribution in [1.82, 2.24) is 4.98 Å². The van der Waals surface area contributed by atoms with Gasteiger partial charge < -0.3 is 0 Å². The minimum absolute atomic E-state index is 0.995. The minimum atomic E-state index is -5.32. The fourth-order valence-corrected chi connectivity index (χ4v) is 1.66. The summed E-state index contributed by atoms with van der Waals surface area (Å²) in [4.78, 5) is 2.81. The number of hydrogen-bond donors (Lipinski definition) is 0. The number of hydrogen-bond acceptors (Lipinski definition) is 4. The third-order valence-electron chi connectivity index (χ3n) is 2.34. The second-order valence-electron chi connectivity index (χ2n) is 3.59. The van der Waals surface area contributed by atoms with Gasteiger partial charge in [0.25, 0.3) is 0 Å². The van der Waals surface area contributed by atoms with E-state index >= 15 is 0 Å². The second-order valence-corrected chi connectivity index (χ2v) is 3.59. The third kappa shape index (κ3) is 3.03. The molecule has 4 nitrogen and oxygen atoms in total. The molecular formula is C11H2F6N4. The lowest BCUT2D eigenvalue weighted by atomic mass is 9.95. The summed E-state index contributed by atoms with van der Waals surface area (Å²) in [6, 6.07) is 3.16. The standard InChI is InChI=1S/C11H2F6N4/c12-10(13,14)8-5(1-2-18)9(11(15,16)17)7(4-20)21-6(8)3-19/h1H2. The average molecular weight is 304 g/mol. The Hall–Kier alpha value is -2.80. The van der Waals surface area contributed by atoms with Gasteiger partial charge in [0.1, 0.15) is 12.1 Å². The van der Waals surface area contributed by atoms with Crippen LogP contribution in [0.5, 0.6) is 0 Å². The first-order valence-electron chi connectivity index (χ1n) is 4.96. The number of nitrogens with zero attached hydrogens (tertiary/aromatic N) is 4. The minimum Gasteiger partial charge on any atom is -0.225 e. The van der Waals surface area contributed by atoms with Crippen molar-refractivity contribution in [2.45, 2.75) is 18.8 Å². The Bertz CT molecular complexity index is 646. The molecule has 0 saturated carbocycles. The molecular weight excluding hydrogens is 302 g/mol. The topological polar surface area (TPSA) is 84.3 Å². The van der Waals surface area contributed by atoms with E-state index in [1.54, 1.807) is 0 Å². The van der Waals surface area contributed by atoms with Crippen LogP contribution >= 0.6 is 0 Å². The van der Waals surface area contributed by atoms with Crippen molar-refractivity contribution in [3.63, 3.8) is 0 Å². The molecule has 0 unspecified atom stereocenters. The molecule has 0 saturated heterocycles. The fourth-order valence-electron chi connectivity index (χ4n) is 1.66. The molecule has 1 aromatic heterocycles. The first-order valence-corrected chi connectivity index (χ1v) is 4.96. The largest absolute Gasteiger partial charge is 0.419 e. The molecule has 108 valence electrons. The van der Waals surface area contributed by atoms with Crippen molar-refractivity contribution < 1.29 is 26.3 Å². The smallest absolute Gasteiger partial charge is 0.225 e. The monoisotopic (exact) mass is 304 g/mol. The van der Waals surface area contributed by atoms with Crippen LogP contribution in [0.2, 0.25) is 0 Å². The highest BCUT2D eigenvalue weighted by atomic mass is 19.4. The first-order chi connectivity index (χ1) is 9.57. The van der Waals surface area contributed by atoms with Crippen molar-refractivity contribution in [2.24, 2.45) is 0 Å². The van der Waals surface area contributed by atoms with E-state index in [2.05, 4.69) is 4.98 Å². The van der Waals surface area contributed by atoms with Crippen LogP contribution in [0.4, 0.5) is 26.3 Å². The molecule has 0 bridgehead atoms. The SMILES string of the molecule is N#CCc1c(C(F)(F)F)c(C#N)nc(C#N)c1C(F)(F)F. The molecule has 0 radical (unpaired) electrons. The van der Waals surface area contributed by atoms with Crippen LogP contribution in [-0.2, 0) is 18.8 Å². The quantitative estimate of drug-likeness (QED) is 0.747. The van der Waals surface area contributed by atoms with Gasteiger partial charge in [-0.15, -0.1) is 0 Å². The van der Waals surface area contributed by atoms with E-state index in [0.717, 1.165) is 12.1 Å². The van der Waals surface area contributed by atoms with Crippen LogP contribution in [0.25, 0.3) is 0 Å². The second kappa shape index (κ2) is 5.29. The molecule has 0 spiro atoms. The summed E-state index contributed by atoms with van der Waals surface area (Å²) in [7, 11) is 0. The number of aromatic nitrogens is 1. The van der Waals surface area contributed by atoms with Gasteiger partial charge in [-0.1, -0.05) is 0 Å². The van der Waals surface area contributed by atoms with E-state index in [1.165, 1.54) is 6.07 Å². The van der Waals surface area contributed by atoms with Crippen molar-refractivity contribution in [3.05, 3.63) is 28.1 Å². The van der Waals surface area contributed by atoms with Crippen LogP contribution in [-0.4, -0.2) is 4.98 Å². The number of nitriles is 3. The first kappa shape index (κ1) is 16.3. The molecule has 21 heavy (non-hydrogen) atoms. The Balaban J connectivity index is 4.03. The Labute approximate surface area is 113 Å². The highest BCUT2D eigenvalue weighted by Gasteiger charge is 2.45. The van der Waals surface area contributed by atoms with Gasteiger partial charge in [0.05, 0.1) is 23.6 Å². The lowest BCUT2D eigenvalue weighted by Crippen LogP contribution is -2.21. The normalized spacial score (nSPS) is 11.4. The van der Waals surface area contributed by atoms with Crippen LogP contribution in [0.1, 0.15) is 28.1 Å². The maximum absolute atomic E-state index is 12.9. The lowest BCUT2D eigenvalue weighted by Gasteiger charge is -2.18. The predicted molar refractivity (Wildman–Crippen MR) is 53.0 cm³/mol. The maximum atomic E-state index is 12.9. The summed E-state index contributed by atoms with van der Waals surface area (Å²) < 4.78 is 77.2. The van der Waals surface area contributed by atoms with E-state index in [-0.39, 0.29) is 0 Å². The number of rotatable bonds is 1. The molecule has 0 atom stereocenters. The van der Waals surface area contributed by atoms with E-state index in [9.17, 15) is 26.3 Å². The van der Waals surface area contributed by atoms with Crippen LogP contribution < -0.4 is 0 Å². The Morgan fingerprint density at radius 3 is 1.43 bits per heavy atom. The van der Waals surface area contributed by atoms with Crippen molar-refractivity contribution in [2.75, 3.05) is 0 Å². The summed E-state index contributed by atoms with van der Waals surface area (Å²) in [5, 5.41) is 25.7. The van der Waals surface area contributed by atoms with Crippen LogP contribution in [0.15, 0.2) is 0 Å². The van der Waals surface area contributed by atoms with Gasteiger partial charge in [0, 0.05) is 0 Å². The molecule has 1 heterocycles. The molecule has 0 N–H and O–H groups in total. The van der Waals surface area contributed by atoms with E-state index in [4.69, 9.17) is 15.8 Å². The zero-order chi connectivity index (χ0) is 16.4. The van der Waals surface area contributed by atoms with Gasteiger partial charge >= 0.3 is 12.4 Å². The summed E-state index contributed by atoms with van der Waals surface area (Å²) in [6.07, 6.45) is -11.9. The summed E-state index contributed by atoms with van der Waals surface area (Å²) in [6.45, 7) is 0. The van der Waals surface area contributed by atoms with Gasteiger partial charge in [0.2, 0.25) is 0 Å². The van der Waals surface area contributed by atoms with Crippen LogP contribution in [0.3, 0.4) is 0 Å². The Morgan fingerprint density at radius 2 is 1.19 bits per heavy atom. The van der Waals surface area contributed by atoms with Gasteiger partial charge in [-0.05, 0) is 5.56 Å². The van der Waals surface area contributed by atoms with Gasteiger partial charge in [-0.3, -0.25) is 0 Å². The molecule has 10 heteroatoms. The molecule has 0 amide bonds. The zero-order valence-corrected chi connectivity index (χ0v) is 9.76. The number of halogens is 6. The fraction of sp³-hybridized carbons (Fsp3) is 0.273. The van der Waals surface area contributed by atoms with E-state index < -0.39 is 46.9 Å². The third-order valence-corrected chi connectivity index (χ3v) is 2.34. The van der Waals surface area contributed by atoms with Crippen LogP contribution in [0, 0.1) is 34.0 Å². The summed E-state index contributed by atoms with van der Waals surface area (Å²) in [5.74, 6) is 0. The highest BCUT2D eigenvalue weighted by molar-refractivity contribution is 5.52. The Kier molecular flexibility index (Phi) is 4.10. The van der Waals surface area contributed by atoms with Gasteiger partial charge in [-0.25, -0.2) is 4.98 Å². The van der Waals surface area contributed by atoms with Crippen molar-refractivity contribution in [3.8, 4) is 18.2 Å². The maximum Gasteiger partial charge on any atom is 0.419 e. The van der Waals surface area contributed by atoms with E-state index in [1.807, 2.05) is 0 Å². The van der Waals surface area contributed by atoms with E-state index in [0.29, 0.717) is 0 Å². The molecule has 1 aromatic rings. The summed E-state index contributed by atoms with van der Waals surface area (Å²) in [5.41, 5.74) is -8.12. The molecule has 0 aliphatic carbocycles. The van der Waals surface area contributed by atoms with Crippen molar-refractivity contribution >= 4 is 0 Å². The highest BCUT2D eigenvalue weighted by Crippen LogP contribution is 2.41. The number of pyridine rings is 1. The lowest BCUT2D eigenvalue weighted by molar-refractivity contribution is -0.144. The van der Waals surface area contributed by atoms with Gasteiger partial charge in [0.15, 0.2) is 11.4 Å². The Morgan fingerprint density at radius 1 is 0.810 bits per heavy atom. The molecule has 0 fully saturated rings. The average Bonchev–Trinajstić information content (AvgIpc) is 2.34. The number of alkyl halides is 6. The summed E-state index contributed by atoms with van der Waals surface area (Å²) >= 11 is 0. The molecule has 0 aromatic carbocycles. The molecule has 1 rings (SSSR count). The van der Waals surface area contributed by atoms with Crippen molar-refractivity contribution in [1.29, 1.82) is 15.8 Å². The predicted octanol–water partition coefficient (Wildman–Crippen LogP) is 2.93. The molecule has 0 aliphatic rings. The van der Waals surface area contributed by atoms with Gasteiger partial charge in [-0.2, -0.15) is 42.1 Å². The zero-order valence-electron chi connectivity index (χ0n) is 9.76.